The summed E-state index contributed by atoms with van der Waals surface area (Å²) in [5.41, 5.74) is 1.48. The SMILES string of the molecule is CCOc1ccc(NC(=O)CSCc2ccc(Cl)cc2)cc1S(=O)(=O)N(C)C. The minimum atomic E-state index is -3.70. The maximum absolute atomic E-state index is 12.5. The third kappa shape index (κ3) is 6.13. The smallest absolute Gasteiger partial charge is 0.246 e. The van der Waals surface area contributed by atoms with E-state index in [2.05, 4.69) is 5.32 Å². The largest absolute Gasteiger partial charge is 0.492 e. The van der Waals surface area contributed by atoms with Gasteiger partial charge in [-0.2, -0.15) is 0 Å². The number of hydrogen-bond acceptors (Lipinski definition) is 5. The van der Waals surface area contributed by atoms with Crippen LogP contribution in [0.1, 0.15) is 12.5 Å². The van der Waals surface area contributed by atoms with E-state index in [4.69, 9.17) is 16.3 Å². The molecule has 0 fully saturated rings. The van der Waals surface area contributed by atoms with Crippen molar-refractivity contribution in [2.75, 3.05) is 31.8 Å². The highest BCUT2D eigenvalue weighted by molar-refractivity contribution is 7.99. The van der Waals surface area contributed by atoms with Gasteiger partial charge < -0.3 is 10.1 Å². The molecule has 1 amide bonds. The highest BCUT2D eigenvalue weighted by Crippen LogP contribution is 2.29. The number of nitrogens with one attached hydrogen (secondary N) is 1. The molecule has 1 N–H and O–H groups in total. The Kier molecular flexibility index (Phi) is 8.18. The molecule has 0 saturated heterocycles. The first kappa shape index (κ1) is 22.5. The number of carbonyl (C=O) groups is 1. The van der Waals surface area contributed by atoms with E-state index >= 15 is 0 Å². The van der Waals surface area contributed by atoms with Crippen molar-refractivity contribution >= 4 is 45.0 Å². The normalized spacial score (nSPS) is 11.5. The monoisotopic (exact) mass is 442 g/mol. The van der Waals surface area contributed by atoms with E-state index in [0.717, 1.165) is 9.87 Å². The van der Waals surface area contributed by atoms with Crippen LogP contribution in [0.3, 0.4) is 0 Å². The van der Waals surface area contributed by atoms with Crippen LogP contribution in [-0.4, -0.2) is 45.1 Å². The molecule has 0 aliphatic carbocycles. The number of hydrogen-bond donors (Lipinski definition) is 1. The van der Waals surface area contributed by atoms with E-state index < -0.39 is 10.0 Å². The van der Waals surface area contributed by atoms with Gasteiger partial charge in [0.25, 0.3) is 0 Å². The minimum absolute atomic E-state index is 0.0194. The van der Waals surface area contributed by atoms with E-state index in [1.807, 2.05) is 24.3 Å². The number of carbonyl (C=O) groups excluding carboxylic acids is 1. The molecular formula is C19H23ClN2O4S2. The lowest BCUT2D eigenvalue weighted by Gasteiger charge is -2.16. The molecule has 9 heteroatoms. The summed E-state index contributed by atoms with van der Waals surface area (Å²) in [6.45, 7) is 2.11. The minimum Gasteiger partial charge on any atom is -0.492 e. The quantitative estimate of drug-likeness (QED) is 0.638. The standard InChI is InChI=1S/C19H23ClN2O4S2/c1-4-26-17-10-9-16(11-18(17)28(24,25)22(2)3)21-19(23)13-27-12-14-5-7-15(20)8-6-14/h5-11H,4,12-13H2,1-3H3,(H,21,23). The van der Waals surface area contributed by atoms with E-state index in [-0.39, 0.29) is 22.3 Å². The fourth-order valence-corrected chi connectivity index (χ4v) is 4.26. The van der Waals surface area contributed by atoms with E-state index in [1.165, 1.54) is 31.9 Å². The van der Waals surface area contributed by atoms with Crippen molar-refractivity contribution in [3.8, 4) is 5.75 Å². The van der Waals surface area contributed by atoms with Crippen molar-refractivity contribution in [2.45, 2.75) is 17.6 Å². The van der Waals surface area contributed by atoms with E-state index in [1.54, 1.807) is 19.1 Å². The third-order valence-electron chi connectivity index (χ3n) is 3.70. The average Bonchev–Trinajstić information content (AvgIpc) is 2.64. The van der Waals surface area contributed by atoms with Gasteiger partial charge in [0.1, 0.15) is 10.6 Å². The highest BCUT2D eigenvalue weighted by atomic mass is 35.5. The molecule has 0 aliphatic rings. The molecule has 0 saturated carbocycles. The van der Waals surface area contributed by atoms with Gasteiger partial charge >= 0.3 is 0 Å². The molecule has 0 heterocycles. The predicted molar refractivity (Wildman–Crippen MR) is 115 cm³/mol. The molecule has 28 heavy (non-hydrogen) atoms. The Bertz CT molecular complexity index is 916. The molecule has 2 aromatic carbocycles. The Morgan fingerprint density at radius 3 is 2.46 bits per heavy atom. The topological polar surface area (TPSA) is 75.7 Å². The molecule has 6 nitrogen and oxygen atoms in total. The summed E-state index contributed by atoms with van der Waals surface area (Å²) in [7, 11) is -0.807. The number of amides is 1. The zero-order valence-electron chi connectivity index (χ0n) is 15.9. The van der Waals surface area contributed by atoms with Crippen LogP contribution in [0.25, 0.3) is 0 Å². The summed E-state index contributed by atoms with van der Waals surface area (Å²) in [4.78, 5) is 12.2. The molecule has 0 spiro atoms. The Morgan fingerprint density at radius 2 is 1.86 bits per heavy atom. The first-order chi connectivity index (χ1) is 13.2. The highest BCUT2D eigenvalue weighted by Gasteiger charge is 2.23. The van der Waals surface area contributed by atoms with Crippen LogP contribution < -0.4 is 10.1 Å². The lowest BCUT2D eigenvalue weighted by Crippen LogP contribution is -2.23. The fraction of sp³-hybridized carbons (Fsp3) is 0.316. The summed E-state index contributed by atoms with van der Waals surface area (Å²) in [5, 5.41) is 3.41. The van der Waals surface area contributed by atoms with Gasteiger partial charge in [-0.3, -0.25) is 4.79 Å². The van der Waals surface area contributed by atoms with Gasteiger partial charge in [0, 0.05) is 30.6 Å². The van der Waals surface area contributed by atoms with Crippen LogP contribution in [-0.2, 0) is 20.6 Å². The average molecular weight is 443 g/mol. The van der Waals surface area contributed by atoms with Crippen LogP contribution in [0.15, 0.2) is 47.4 Å². The Labute approximate surface area is 175 Å². The van der Waals surface area contributed by atoms with E-state index in [0.29, 0.717) is 23.1 Å². The fourth-order valence-electron chi connectivity index (χ4n) is 2.30. The maximum atomic E-state index is 12.5. The molecule has 2 aromatic rings. The van der Waals surface area contributed by atoms with Crippen LogP contribution >= 0.6 is 23.4 Å². The van der Waals surface area contributed by atoms with Gasteiger partial charge in [0.2, 0.25) is 15.9 Å². The van der Waals surface area contributed by atoms with Crippen LogP contribution in [0, 0.1) is 0 Å². The molecular weight excluding hydrogens is 420 g/mol. The van der Waals surface area contributed by atoms with Crippen LogP contribution in [0.2, 0.25) is 5.02 Å². The molecule has 0 radical (unpaired) electrons. The lowest BCUT2D eigenvalue weighted by molar-refractivity contribution is -0.113. The molecule has 0 aliphatic heterocycles. The van der Waals surface area contributed by atoms with Gasteiger partial charge in [-0.25, -0.2) is 12.7 Å². The Balaban J connectivity index is 2.04. The van der Waals surface area contributed by atoms with E-state index in [9.17, 15) is 13.2 Å². The zero-order valence-corrected chi connectivity index (χ0v) is 18.3. The molecule has 2 rings (SSSR count). The van der Waals surface area contributed by atoms with Gasteiger partial charge in [0.15, 0.2) is 0 Å². The van der Waals surface area contributed by atoms with Crippen molar-refractivity contribution in [1.82, 2.24) is 4.31 Å². The summed E-state index contributed by atoms with van der Waals surface area (Å²) < 4.78 is 31.6. The number of nitrogens with zero attached hydrogens (tertiary/aromatic N) is 1. The van der Waals surface area contributed by atoms with Crippen LogP contribution in [0.4, 0.5) is 5.69 Å². The van der Waals surface area contributed by atoms with Crippen molar-refractivity contribution < 1.29 is 17.9 Å². The number of rotatable bonds is 9. The first-order valence-electron chi connectivity index (χ1n) is 8.55. The summed E-state index contributed by atoms with van der Waals surface area (Å²) in [5.74, 6) is 0.961. The predicted octanol–water partition coefficient (Wildman–Crippen LogP) is 3.86. The van der Waals surface area contributed by atoms with Gasteiger partial charge in [-0.15, -0.1) is 11.8 Å². The third-order valence-corrected chi connectivity index (χ3v) is 6.79. The zero-order chi connectivity index (χ0) is 20.7. The van der Waals surface area contributed by atoms with Crippen molar-refractivity contribution in [2.24, 2.45) is 0 Å². The second-order valence-corrected chi connectivity index (χ2v) is 9.59. The van der Waals surface area contributed by atoms with Crippen molar-refractivity contribution in [1.29, 1.82) is 0 Å². The second-order valence-electron chi connectivity index (χ2n) is 6.05. The summed E-state index contributed by atoms with van der Waals surface area (Å²) >= 11 is 7.32. The molecule has 0 unspecified atom stereocenters. The molecule has 0 atom stereocenters. The van der Waals surface area contributed by atoms with Gasteiger partial charge in [-0.1, -0.05) is 23.7 Å². The van der Waals surface area contributed by atoms with Gasteiger partial charge in [-0.05, 0) is 42.8 Å². The Hall–Kier alpha value is -1.74. The molecule has 0 bridgehead atoms. The molecule has 0 aromatic heterocycles. The second kappa shape index (κ2) is 10.2. The summed E-state index contributed by atoms with van der Waals surface area (Å²) in [6.07, 6.45) is 0. The maximum Gasteiger partial charge on any atom is 0.246 e. The number of benzene rings is 2. The molecule has 152 valence electrons. The van der Waals surface area contributed by atoms with Crippen molar-refractivity contribution in [3.63, 3.8) is 0 Å². The van der Waals surface area contributed by atoms with Gasteiger partial charge in [0.05, 0.1) is 12.4 Å². The lowest BCUT2D eigenvalue weighted by atomic mass is 10.2. The Morgan fingerprint density at radius 1 is 1.18 bits per heavy atom. The number of anilines is 1. The first-order valence-corrected chi connectivity index (χ1v) is 11.5. The number of thioether (sulfide) groups is 1. The number of halogens is 1. The summed E-state index contributed by atoms with van der Waals surface area (Å²) in [6, 6.07) is 12.0. The van der Waals surface area contributed by atoms with Crippen molar-refractivity contribution in [3.05, 3.63) is 53.1 Å². The van der Waals surface area contributed by atoms with Crippen LogP contribution in [0.5, 0.6) is 5.75 Å². The number of sulfonamides is 1. The number of ether oxygens (including phenoxy) is 1.